The largest absolute Gasteiger partial charge is 0.378 e. The average Bonchev–Trinajstić information content (AvgIpc) is 2.77. The number of unbranched alkanes of at least 4 members (excludes halogenated alkanes) is 4. The van der Waals surface area contributed by atoms with Gasteiger partial charge in [-0.2, -0.15) is 0 Å². The first-order valence-corrected chi connectivity index (χ1v) is 7.70. The van der Waals surface area contributed by atoms with Crippen molar-refractivity contribution in [3.05, 3.63) is 0 Å². The molecular formula is C15H31NO. The molecule has 0 spiro atoms. The van der Waals surface area contributed by atoms with Crippen molar-refractivity contribution in [2.45, 2.75) is 71.3 Å². The van der Waals surface area contributed by atoms with E-state index in [1.54, 1.807) is 0 Å². The van der Waals surface area contributed by atoms with E-state index < -0.39 is 0 Å². The summed E-state index contributed by atoms with van der Waals surface area (Å²) in [7, 11) is 0. The molecule has 0 bridgehead atoms. The molecule has 2 heteroatoms. The molecule has 2 unspecified atom stereocenters. The molecule has 0 amide bonds. The Morgan fingerprint density at radius 2 is 1.88 bits per heavy atom. The molecule has 17 heavy (non-hydrogen) atoms. The minimum Gasteiger partial charge on any atom is -0.378 e. The fourth-order valence-electron chi connectivity index (χ4n) is 2.66. The third kappa shape index (κ3) is 6.42. The van der Waals surface area contributed by atoms with Crippen LogP contribution in [-0.4, -0.2) is 25.8 Å². The summed E-state index contributed by atoms with van der Waals surface area (Å²) in [6.45, 7) is 7.80. The van der Waals surface area contributed by atoms with Gasteiger partial charge in [0.25, 0.3) is 0 Å². The molecule has 2 atom stereocenters. The first-order chi connectivity index (χ1) is 8.38. The van der Waals surface area contributed by atoms with Gasteiger partial charge in [-0.3, -0.25) is 0 Å². The van der Waals surface area contributed by atoms with Gasteiger partial charge in [-0.05, 0) is 31.7 Å². The minimum atomic E-state index is 0.543. The van der Waals surface area contributed by atoms with Gasteiger partial charge >= 0.3 is 0 Å². The van der Waals surface area contributed by atoms with Gasteiger partial charge in [0.15, 0.2) is 0 Å². The van der Waals surface area contributed by atoms with Gasteiger partial charge in [-0.25, -0.2) is 0 Å². The van der Waals surface area contributed by atoms with Crippen molar-refractivity contribution in [2.24, 2.45) is 5.92 Å². The Morgan fingerprint density at radius 1 is 1.06 bits per heavy atom. The van der Waals surface area contributed by atoms with Crippen molar-refractivity contribution in [3.8, 4) is 0 Å². The number of rotatable bonds is 10. The second kappa shape index (κ2) is 9.90. The fourth-order valence-corrected chi connectivity index (χ4v) is 2.66. The van der Waals surface area contributed by atoms with Crippen LogP contribution >= 0.6 is 0 Å². The van der Waals surface area contributed by atoms with E-state index in [1.807, 2.05) is 0 Å². The zero-order valence-corrected chi connectivity index (χ0v) is 11.8. The quantitative estimate of drug-likeness (QED) is 0.588. The van der Waals surface area contributed by atoms with Crippen LogP contribution in [0.1, 0.15) is 65.2 Å². The molecule has 1 aliphatic heterocycles. The summed E-state index contributed by atoms with van der Waals surface area (Å²) < 4.78 is 5.86. The number of ether oxygens (including phenoxy) is 1. The lowest BCUT2D eigenvalue weighted by molar-refractivity contribution is 0.0809. The highest BCUT2D eigenvalue weighted by Gasteiger charge is 2.26. The molecule has 0 aromatic rings. The Morgan fingerprint density at radius 3 is 2.65 bits per heavy atom. The van der Waals surface area contributed by atoms with E-state index in [4.69, 9.17) is 4.74 Å². The third-order valence-electron chi connectivity index (χ3n) is 3.77. The summed E-state index contributed by atoms with van der Waals surface area (Å²) in [6, 6.07) is 0. The van der Waals surface area contributed by atoms with Gasteiger partial charge in [0.05, 0.1) is 6.10 Å². The predicted molar refractivity (Wildman–Crippen MR) is 74.4 cm³/mol. The van der Waals surface area contributed by atoms with Crippen molar-refractivity contribution >= 4 is 0 Å². The third-order valence-corrected chi connectivity index (χ3v) is 3.77. The molecular weight excluding hydrogens is 210 g/mol. The van der Waals surface area contributed by atoms with E-state index in [9.17, 15) is 0 Å². The number of hydrogen-bond donors (Lipinski definition) is 1. The van der Waals surface area contributed by atoms with Crippen molar-refractivity contribution in [3.63, 3.8) is 0 Å². The molecule has 1 heterocycles. The SMILES string of the molecule is CCCCCCCC1OCCC1CNCCC. The molecule has 1 N–H and O–H groups in total. The standard InChI is InChI=1S/C15H31NO/c1-3-5-6-7-8-9-15-14(10-12-17-15)13-16-11-4-2/h14-16H,3-13H2,1-2H3. The molecule has 0 aromatic heterocycles. The lowest BCUT2D eigenvalue weighted by Crippen LogP contribution is -2.29. The lowest BCUT2D eigenvalue weighted by Gasteiger charge is -2.18. The zero-order valence-electron chi connectivity index (χ0n) is 11.8. The monoisotopic (exact) mass is 241 g/mol. The number of nitrogens with one attached hydrogen (secondary N) is 1. The highest BCUT2D eigenvalue weighted by atomic mass is 16.5. The van der Waals surface area contributed by atoms with E-state index in [0.29, 0.717) is 6.10 Å². The highest BCUT2D eigenvalue weighted by Crippen LogP contribution is 2.25. The van der Waals surface area contributed by atoms with Crippen molar-refractivity contribution < 1.29 is 4.74 Å². The summed E-state index contributed by atoms with van der Waals surface area (Å²) in [5, 5.41) is 3.54. The van der Waals surface area contributed by atoms with Gasteiger partial charge in [-0.15, -0.1) is 0 Å². The lowest BCUT2D eigenvalue weighted by atomic mass is 9.96. The van der Waals surface area contributed by atoms with E-state index in [2.05, 4.69) is 19.2 Å². The molecule has 1 aliphatic rings. The molecule has 102 valence electrons. The van der Waals surface area contributed by atoms with E-state index in [-0.39, 0.29) is 0 Å². The number of hydrogen-bond acceptors (Lipinski definition) is 2. The summed E-state index contributed by atoms with van der Waals surface area (Å²) in [6.07, 6.45) is 11.2. The topological polar surface area (TPSA) is 21.3 Å². The first kappa shape index (κ1) is 15.0. The Hall–Kier alpha value is -0.0800. The molecule has 0 saturated carbocycles. The van der Waals surface area contributed by atoms with Crippen LogP contribution < -0.4 is 5.32 Å². The molecule has 0 aromatic carbocycles. The van der Waals surface area contributed by atoms with E-state index in [0.717, 1.165) is 25.6 Å². The Labute approximate surface area is 108 Å². The van der Waals surface area contributed by atoms with E-state index >= 15 is 0 Å². The van der Waals surface area contributed by atoms with Crippen molar-refractivity contribution in [2.75, 3.05) is 19.7 Å². The Bertz CT molecular complexity index is 172. The summed E-state index contributed by atoms with van der Waals surface area (Å²) in [5.74, 6) is 0.771. The van der Waals surface area contributed by atoms with Gasteiger partial charge in [0.1, 0.15) is 0 Å². The van der Waals surface area contributed by atoms with Crippen LogP contribution in [0.3, 0.4) is 0 Å². The van der Waals surface area contributed by atoms with Crippen molar-refractivity contribution in [1.82, 2.24) is 5.32 Å². The molecule has 2 nitrogen and oxygen atoms in total. The van der Waals surface area contributed by atoms with Crippen molar-refractivity contribution in [1.29, 1.82) is 0 Å². The van der Waals surface area contributed by atoms with E-state index in [1.165, 1.54) is 51.4 Å². The fraction of sp³-hybridized carbons (Fsp3) is 1.00. The van der Waals surface area contributed by atoms with Crippen LogP contribution in [0.5, 0.6) is 0 Å². The molecule has 1 saturated heterocycles. The van der Waals surface area contributed by atoms with Gasteiger partial charge in [0.2, 0.25) is 0 Å². The summed E-state index contributed by atoms with van der Waals surface area (Å²) in [5.41, 5.74) is 0. The molecule has 0 aliphatic carbocycles. The van der Waals surface area contributed by atoms with Crippen LogP contribution in [0.4, 0.5) is 0 Å². The first-order valence-electron chi connectivity index (χ1n) is 7.70. The van der Waals surface area contributed by atoms with Crippen LogP contribution in [0.25, 0.3) is 0 Å². The smallest absolute Gasteiger partial charge is 0.0616 e. The predicted octanol–water partition coefficient (Wildman–Crippen LogP) is 3.75. The second-order valence-electron chi connectivity index (χ2n) is 5.37. The normalized spacial score (nSPS) is 24.4. The van der Waals surface area contributed by atoms with Gasteiger partial charge in [-0.1, -0.05) is 46.0 Å². The maximum atomic E-state index is 5.86. The van der Waals surface area contributed by atoms with Crippen LogP contribution in [0.15, 0.2) is 0 Å². The van der Waals surface area contributed by atoms with Crippen LogP contribution in [0, 0.1) is 5.92 Å². The zero-order chi connectivity index (χ0) is 12.3. The summed E-state index contributed by atoms with van der Waals surface area (Å²) in [4.78, 5) is 0. The maximum absolute atomic E-state index is 5.86. The van der Waals surface area contributed by atoms with Crippen LogP contribution in [0.2, 0.25) is 0 Å². The second-order valence-corrected chi connectivity index (χ2v) is 5.37. The highest BCUT2D eigenvalue weighted by molar-refractivity contribution is 4.78. The molecule has 0 radical (unpaired) electrons. The maximum Gasteiger partial charge on any atom is 0.0616 e. The Balaban J connectivity index is 2.05. The van der Waals surface area contributed by atoms with Crippen LogP contribution in [-0.2, 0) is 4.74 Å². The van der Waals surface area contributed by atoms with Gasteiger partial charge in [0, 0.05) is 13.2 Å². The molecule has 1 fully saturated rings. The summed E-state index contributed by atoms with van der Waals surface area (Å²) >= 11 is 0. The van der Waals surface area contributed by atoms with Gasteiger partial charge < -0.3 is 10.1 Å². The molecule has 1 rings (SSSR count). The average molecular weight is 241 g/mol. The minimum absolute atomic E-state index is 0.543. The Kier molecular flexibility index (Phi) is 8.72.